The molecule has 0 atom stereocenters. The van der Waals surface area contributed by atoms with Gasteiger partial charge in [-0.1, -0.05) is 48.9 Å². The van der Waals surface area contributed by atoms with Crippen LogP contribution in [0.2, 0.25) is 5.02 Å². The van der Waals surface area contributed by atoms with Gasteiger partial charge in [-0.2, -0.15) is 0 Å². The van der Waals surface area contributed by atoms with Crippen LogP contribution in [0.15, 0.2) is 54.6 Å². The van der Waals surface area contributed by atoms with Gasteiger partial charge in [0.1, 0.15) is 5.75 Å². The Kier molecular flexibility index (Phi) is 6.11. The first kappa shape index (κ1) is 20.5. The SMILES string of the molecule is CCN1CCN(c2c(Cl)cccc2NC(=O)c2cc3ccccc3cc2OC)CC1. The molecule has 1 amide bonds. The molecule has 156 valence electrons. The minimum atomic E-state index is -0.215. The van der Waals surface area contributed by atoms with Gasteiger partial charge in [0.25, 0.3) is 5.91 Å². The Bertz CT molecular complexity index is 1060. The lowest BCUT2D eigenvalue weighted by Gasteiger charge is -2.36. The molecular formula is C24H26ClN3O2. The van der Waals surface area contributed by atoms with Gasteiger partial charge < -0.3 is 19.9 Å². The van der Waals surface area contributed by atoms with Gasteiger partial charge in [0.2, 0.25) is 0 Å². The predicted octanol–water partition coefficient (Wildman–Crippen LogP) is 4.90. The van der Waals surface area contributed by atoms with E-state index in [2.05, 4.69) is 22.0 Å². The Labute approximate surface area is 182 Å². The van der Waals surface area contributed by atoms with Crippen molar-refractivity contribution in [3.05, 3.63) is 65.2 Å². The molecule has 30 heavy (non-hydrogen) atoms. The first-order valence-corrected chi connectivity index (χ1v) is 10.6. The lowest BCUT2D eigenvalue weighted by Crippen LogP contribution is -2.46. The number of fused-ring (bicyclic) bond motifs is 1. The summed E-state index contributed by atoms with van der Waals surface area (Å²) in [6, 6.07) is 17.3. The van der Waals surface area contributed by atoms with Crippen molar-refractivity contribution >= 4 is 39.7 Å². The van der Waals surface area contributed by atoms with Crippen LogP contribution in [0.3, 0.4) is 0 Å². The maximum Gasteiger partial charge on any atom is 0.259 e. The number of carbonyl (C=O) groups excluding carboxylic acids is 1. The molecule has 0 aliphatic carbocycles. The highest BCUT2D eigenvalue weighted by Crippen LogP contribution is 2.35. The minimum absolute atomic E-state index is 0.215. The molecule has 0 unspecified atom stereocenters. The van der Waals surface area contributed by atoms with Crippen molar-refractivity contribution < 1.29 is 9.53 Å². The van der Waals surface area contributed by atoms with E-state index in [1.807, 2.05) is 54.6 Å². The summed E-state index contributed by atoms with van der Waals surface area (Å²) in [7, 11) is 1.58. The molecule has 1 fully saturated rings. The largest absolute Gasteiger partial charge is 0.496 e. The van der Waals surface area contributed by atoms with Crippen LogP contribution in [-0.2, 0) is 0 Å². The number of para-hydroxylation sites is 1. The smallest absolute Gasteiger partial charge is 0.259 e. The number of nitrogens with zero attached hydrogens (tertiary/aromatic N) is 2. The third-order valence-electron chi connectivity index (χ3n) is 5.68. The maximum atomic E-state index is 13.2. The second-order valence-electron chi connectivity index (χ2n) is 7.41. The first-order valence-electron chi connectivity index (χ1n) is 10.2. The van der Waals surface area contributed by atoms with Crippen LogP contribution in [0.25, 0.3) is 10.8 Å². The normalized spacial score (nSPS) is 14.7. The van der Waals surface area contributed by atoms with Crippen LogP contribution in [0.4, 0.5) is 11.4 Å². The van der Waals surface area contributed by atoms with E-state index >= 15 is 0 Å². The van der Waals surface area contributed by atoms with Crippen LogP contribution in [0.1, 0.15) is 17.3 Å². The Morgan fingerprint density at radius 1 is 1.03 bits per heavy atom. The Morgan fingerprint density at radius 2 is 1.73 bits per heavy atom. The van der Waals surface area contributed by atoms with E-state index in [0.29, 0.717) is 22.0 Å². The number of rotatable bonds is 5. The van der Waals surface area contributed by atoms with Gasteiger partial charge in [0, 0.05) is 26.2 Å². The fourth-order valence-corrected chi connectivity index (χ4v) is 4.27. The molecule has 5 nitrogen and oxygen atoms in total. The number of carbonyl (C=O) groups is 1. The van der Waals surface area contributed by atoms with E-state index in [1.165, 1.54) is 0 Å². The van der Waals surface area contributed by atoms with Crippen LogP contribution in [0.5, 0.6) is 5.75 Å². The summed E-state index contributed by atoms with van der Waals surface area (Å²) in [5.74, 6) is 0.333. The average molecular weight is 424 g/mol. The Hall–Kier alpha value is -2.76. The number of halogens is 1. The summed E-state index contributed by atoms with van der Waals surface area (Å²) in [5, 5.41) is 5.73. The number of nitrogens with one attached hydrogen (secondary N) is 1. The number of amides is 1. The third-order valence-corrected chi connectivity index (χ3v) is 5.99. The summed E-state index contributed by atoms with van der Waals surface area (Å²) in [5.41, 5.74) is 2.09. The lowest BCUT2D eigenvalue weighted by atomic mass is 10.0. The second kappa shape index (κ2) is 8.94. The van der Waals surface area contributed by atoms with Crippen molar-refractivity contribution in [3.63, 3.8) is 0 Å². The van der Waals surface area contributed by atoms with E-state index in [9.17, 15) is 4.79 Å². The van der Waals surface area contributed by atoms with Crippen LogP contribution in [-0.4, -0.2) is 50.6 Å². The molecule has 0 spiro atoms. The van der Waals surface area contributed by atoms with Crippen molar-refractivity contribution in [1.82, 2.24) is 4.90 Å². The van der Waals surface area contributed by atoms with E-state index in [0.717, 1.165) is 49.2 Å². The monoisotopic (exact) mass is 423 g/mol. The van der Waals surface area contributed by atoms with E-state index < -0.39 is 0 Å². The van der Waals surface area contributed by atoms with Crippen LogP contribution >= 0.6 is 11.6 Å². The second-order valence-corrected chi connectivity index (χ2v) is 7.82. The third kappa shape index (κ3) is 4.09. The van der Waals surface area contributed by atoms with Gasteiger partial charge in [-0.25, -0.2) is 0 Å². The summed E-state index contributed by atoms with van der Waals surface area (Å²) >= 11 is 6.57. The number of ether oxygens (including phenoxy) is 1. The summed E-state index contributed by atoms with van der Waals surface area (Å²) in [6.45, 7) is 6.93. The maximum absolute atomic E-state index is 13.2. The molecule has 1 heterocycles. The molecular weight excluding hydrogens is 398 g/mol. The standard InChI is InChI=1S/C24H26ClN3O2/c1-3-27-11-13-28(14-12-27)23-20(25)9-6-10-21(23)26-24(29)19-15-17-7-4-5-8-18(17)16-22(19)30-2/h4-10,15-16H,3,11-14H2,1-2H3,(H,26,29). The van der Waals surface area contributed by atoms with E-state index in [-0.39, 0.29) is 5.91 Å². The topological polar surface area (TPSA) is 44.8 Å². The summed E-state index contributed by atoms with van der Waals surface area (Å²) in [4.78, 5) is 17.9. The number of likely N-dealkylation sites (N-methyl/N-ethyl adjacent to an activating group) is 1. The highest BCUT2D eigenvalue weighted by atomic mass is 35.5. The molecule has 0 radical (unpaired) electrons. The summed E-state index contributed by atoms with van der Waals surface area (Å²) in [6.07, 6.45) is 0. The zero-order valence-electron chi connectivity index (χ0n) is 17.3. The fraction of sp³-hybridized carbons (Fsp3) is 0.292. The molecule has 1 N–H and O–H groups in total. The molecule has 3 aromatic rings. The molecule has 0 saturated carbocycles. The van der Waals surface area contributed by atoms with Gasteiger partial charge in [-0.15, -0.1) is 0 Å². The Balaban J connectivity index is 1.64. The van der Waals surface area contributed by atoms with E-state index in [1.54, 1.807) is 7.11 Å². The molecule has 0 bridgehead atoms. The molecule has 4 rings (SSSR count). The Morgan fingerprint density at radius 3 is 2.40 bits per heavy atom. The molecule has 1 aliphatic heterocycles. The fourth-order valence-electron chi connectivity index (χ4n) is 3.98. The van der Waals surface area contributed by atoms with Crippen LogP contribution < -0.4 is 15.0 Å². The van der Waals surface area contributed by atoms with Gasteiger partial charge in [0.05, 0.1) is 29.1 Å². The van der Waals surface area contributed by atoms with Gasteiger partial charge in [0.15, 0.2) is 0 Å². The van der Waals surface area contributed by atoms with E-state index in [4.69, 9.17) is 16.3 Å². The van der Waals surface area contributed by atoms with Gasteiger partial charge in [-0.3, -0.25) is 4.79 Å². The summed E-state index contributed by atoms with van der Waals surface area (Å²) < 4.78 is 5.50. The number of methoxy groups -OCH3 is 1. The quantitative estimate of drug-likeness (QED) is 0.634. The van der Waals surface area contributed by atoms with Crippen molar-refractivity contribution in [1.29, 1.82) is 0 Å². The number of piperazine rings is 1. The van der Waals surface area contributed by atoms with Gasteiger partial charge >= 0.3 is 0 Å². The van der Waals surface area contributed by atoms with Crippen molar-refractivity contribution in [2.45, 2.75) is 6.92 Å². The molecule has 6 heteroatoms. The van der Waals surface area contributed by atoms with Crippen molar-refractivity contribution in [2.75, 3.05) is 50.1 Å². The zero-order chi connectivity index (χ0) is 21.1. The van der Waals surface area contributed by atoms with Crippen molar-refractivity contribution in [3.8, 4) is 5.75 Å². The zero-order valence-corrected chi connectivity index (χ0v) is 18.1. The average Bonchev–Trinajstić information content (AvgIpc) is 2.78. The number of benzene rings is 3. The molecule has 3 aromatic carbocycles. The highest BCUT2D eigenvalue weighted by molar-refractivity contribution is 6.34. The lowest BCUT2D eigenvalue weighted by molar-refractivity contribution is 0.102. The molecule has 1 saturated heterocycles. The minimum Gasteiger partial charge on any atom is -0.496 e. The number of hydrogen-bond donors (Lipinski definition) is 1. The molecule has 1 aliphatic rings. The number of hydrogen-bond acceptors (Lipinski definition) is 4. The van der Waals surface area contributed by atoms with Gasteiger partial charge in [-0.05, 0) is 41.6 Å². The number of anilines is 2. The van der Waals surface area contributed by atoms with Crippen LogP contribution in [0, 0.1) is 0 Å². The predicted molar refractivity (Wildman–Crippen MR) is 124 cm³/mol. The highest BCUT2D eigenvalue weighted by Gasteiger charge is 2.22. The first-order chi connectivity index (χ1) is 14.6. The van der Waals surface area contributed by atoms with Crippen molar-refractivity contribution in [2.24, 2.45) is 0 Å². The molecule has 0 aromatic heterocycles.